The van der Waals surface area contributed by atoms with E-state index in [1.165, 1.54) is 15.2 Å². The Hall–Kier alpha value is -3.16. The van der Waals surface area contributed by atoms with Gasteiger partial charge in [0.2, 0.25) is 15.9 Å². The van der Waals surface area contributed by atoms with E-state index in [1.54, 1.807) is 0 Å². The predicted octanol–water partition coefficient (Wildman–Crippen LogP) is 4.99. The number of amides is 1. The second-order valence-corrected chi connectivity index (χ2v) is 10.9. The number of aryl methyl sites for hydroxylation is 1. The van der Waals surface area contributed by atoms with Crippen LogP contribution >= 0.6 is 0 Å². The van der Waals surface area contributed by atoms with E-state index in [4.69, 9.17) is 0 Å². The van der Waals surface area contributed by atoms with Crippen molar-refractivity contribution in [2.75, 3.05) is 18.4 Å². The number of rotatable bonds is 6. The largest absolute Gasteiger partial charge is 0.341 e. The van der Waals surface area contributed by atoms with Gasteiger partial charge in [0.25, 0.3) is 0 Å². The molecule has 176 valence electrons. The van der Waals surface area contributed by atoms with Crippen molar-refractivity contribution in [3.63, 3.8) is 0 Å². The lowest BCUT2D eigenvalue weighted by atomic mass is 9.97. The minimum Gasteiger partial charge on any atom is -0.341 e. The highest BCUT2D eigenvalue weighted by molar-refractivity contribution is 7.88. The molecule has 2 heterocycles. The minimum atomic E-state index is -3.39. The Morgan fingerprint density at radius 1 is 0.912 bits per heavy atom. The highest BCUT2D eigenvalue weighted by Crippen LogP contribution is 2.31. The number of aromatic nitrogens is 1. The highest BCUT2D eigenvalue weighted by Gasteiger charge is 2.31. The first-order chi connectivity index (χ1) is 16.5. The molecule has 0 spiro atoms. The van der Waals surface area contributed by atoms with Crippen LogP contribution < -0.4 is 5.32 Å². The molecule has 1 N–H and O–H groups in total. The number of para-hydroxylation sites is 1. The summed E-state index contributed by atoms with van der Waals surface area (Å²) in [5, 5.41) is 5.37. The number of piperidine rings is 1. The third kappa shape index (κ3) is 4.33. The van der Waals surface area contributed by atoms with Gasteiger partial charge in [0.15, 0.2) is 0 Å². The molecule has 1 fully saturated rings. The van der Waals surface area contributed by atoms with Crippen molar-refractivity contribution in [1.82, 2.24) is 8.87 Å². The molecular formula is C27H29N3O3S. The van der Waals surface area contributed by atoms with Gasteiger partial charge in [-0.05, 0) is 49.6 Å². The Morgan fingerprint density at radius 2 is 1.59 bits per heavy atom. The second kappa shape index (κ2) is 9.24. The van der Waals surface area contributed by atoms with Gasteiger partial charge in [0.05, 0.1) is 5.75 Å². The van der Waals surface area contributed by atoms with E-state index >= 15 is 0 Å². The van der Waals surface area contributed by atoms with E-state index in [1.807, 2.05) is 54.6 Å². The molecule has 0 unspecified atom stereocenters. The lowest BCUT2D eigenvalue weighted by Crippen LogP contribution is -2.41. The highest BCUT2D eigenvalue weighted by atomic mass is 32.2. The van der Waals surface area contributed by atoms with Crippen LogP contribution in [0.15, 0.2) is 72.8 Å². The van der Waals surface area contributed by atoms with Gasteiger partial charge < -0.3 is 9.88 Å². The summed E-state index contributed by atoms with van der Waals surface area (Å²) in [5.74, 6) is -0.245. The van der Waals surface area contributed by atoms with Gasteiger partial charge in [-0.2, -0.15) is 0 Å². The molecule has 0 atom stereocenters. The number of nitrogens with zero attached hydrogens (tertiary/aromatic N) is 2. The molecule has 34 heavy (non-hydrogen) atoms. The first-order valence-corrected chi connectivity index (χ1v) is 13.4. The number of carbonyl (C=O) groups excluding carboxylic acids is 1. The maximum absolute atomic E-state index is 13.0. The van der Waals surface area contributed by atoms with Crippen LogP contribution in [0.3, 0.4) is 0 Å². The maximum atomic E-state index is 13.0. The molecule has 4 aromatic rings. The first kappa shape index (κ1) is 22.6. The van der Waals surface area contributed by atoms with Gasteiger partial charge in [0.1, 0.15) is 0 Å². The van der Waals surface area contributed by atoms with E-state index in [9.17, 15) is 13.2 Å². The zero-order chi connectivity index (χ0) is 23.7. The molecule has 0 bridgehead atoms. The Labute approximate surface area is 200 Å². The third-order valence-electron chi connectivity index (χ3n) is 6.77. The summed E-state index contributed by atoms with van der Waals surface area (Å²) in [6, 6.07) is 23.6. The average molecular weight is 476 g/mol. The van der Waals surface area contributed by atoms with Gasteiger partial charge in [-0.25, -0.2) is 12.7 Å². The van der Waals surface area contributed by atoms with Crippen LogP contribution in [-0.2, 0) is 27.1 Å². The van der Waals surface area contributed by atoms with Crippen molar-refractivity contribution < 1.29 is 13.2 Å². The van der Waals surface area contributed by atoms with Crippen LogP contribution in [0.5, 0.6) is 0 Å². The Kier molecular flexibility index (Phi) is 6.15. The summed E-state index contributed by atoms with van der Waals surface area (Å²) in [4.78, 5) is 13.0. The molecule has 1 aliphatic rings. The van der Waals surface area contributed by atoms with Crippen molar-refractivity contribution in [3.05, 3.63) is 78.4 Å². The Bertz CT molecular complexity index is 1440. The van der Waals surface area contributed by atoms with E-state index in [0.717, 1.165) is 28.7 Å². The molecule has 0 saturated carbocycles. The average Bonchev–Trinajstić information content (AvgIpc) is 3.17. The summed E-state index contributed by atoms with van der Waals surface area (Å²) in [5.41, 5.74) is 3.89. The number of fused-ring (bicyclic) bond motifs is 3. The lowest BCUT2D eigenvalue weighted by Gasteiger charge is -2.30. The van der Waals surface area contributed by atoms with Gasteiger partial charge in [-0.3, -0.25) is 4.79 Å². The monoisotopic (exact) mass is 475 g/mol. The molecular weight excluding hydrogens is 446 g/mol. The van der Waals surface area contributed by atoms with E-state index in [2.05, 4.69) is 35.0 Å². The minimum absolute atomic E-state index is 0.00389. The van der Waals surface area contributed by atoms with Crippen LogP contribution in [0.1, 0.15) is 25.3 Å². The van der Waals surface area contributed by atoms with Crippen LogP contribution in [0, 0.1) is 5.92 Å². The van der Waals surface area contributed by atoms with Crippen molar-refractivity contribution in [3.8, 4) is 0 Å². The lowest BCUT2D eigenvalue weighted by molar-refractivity contribution is -0.120. The maximum Gasteiger partial charge on any atom is 0.227 e. The molecule has 0 aliphatic carbocycles. The van der Waals surface area contributed by atoms with Crippen LogP contribution in [-0.4, -0.2) is 36.3 Å². The predicted molar refractivity (Wildman–Crippen MR) is 137 cm³/mol. The van der Waals surface area contributed by atoms with Crippen LogP contribution in [0.4, 0.5) is 5.69 Å². The zero-order valence-electron chi connectivity index (χ0n) is 19.3. The number of hydrogen-bond donors (Lipinski definition) is 1. The normalized spacial score (nSPS) is 15.7. The van der Waals surface area contributed by atoms with Crippen molar-refractivity contribution >= 4 is 43.4 Å². The van der Waals surface area contributed by atoms with E-state index in [0.29, 0.717) is 25.9 Å². The standard InChI is InChI=1S/C27H29N3O3S/c1-2-30-25-11-7-6-10-23(25)24-18-22(12-13-26(24)30)28-27(31)21-14-16-29(17-15-21)34(32,33)19-20-8-4-3-5-9-20/h3-13,18,21H,2,14-17,19H2,1H3,(H,28,31). The number of anilines is 1. The molecule has 6 nitrogen and oxygen atoms in total. The van der Waals surface area contributed by atoms with Crippen molar-refractivity contribution in [2.24, 2.45) is 5.92 Å². The summed E-state index contributed by atoms with van der Waals surface area (Å²) < 4.78 is 29.4. The molecule has 1 aliphatic heterocycles. The number of carbonyl (C=O) groups is 1. The first-order valence-electron chi connectivity index (χ1n) is 11.8. The number of benzene rings is 3. The van der Waals surface area contributed by atoms with Gasteiger partial charge >= 0.3 is 0 Å². The quantitative estimate of drug-likeness (QED) is 0.427. The molecule has 1 aromatic heterocycles. The fourth-order valence-electron chi connectivity index (χ4n) is 4.99. The van der Waals surface area contributed by atoms with Gasteiger partial charge in [0, 0.05) is 53.0 Å². The van der Waals surface area contributed by atoms with Crippen LogP contribution in [0.2, 0.25) is 0 Å². The fraction of sp³-hybridized carbons (Fsp3) is 0.296. The van der Waals surface area contributed by atoms with E-state index in [-0.39, 0.29) is 17.6 Å². The van der Waals surface area contributed by atoms with Crippen LogP contribution in [0.25, 0.3) is 21.8 Å². The second-order valence-electron chi connectivity index (χ2n) is 8.90. The van der Waals surface area contributed by atoms with Crippen molar-refractivity contribution in [1.29, 1.82) is 0 Å². The molecule has 0 radical (unpaired) electrons. The summed E-state index contributed by atoms with van der Waals surface area (Å²) in [7, 11) is -3.39. The van der Waals surface area contributed by atoms with E-state index < -0.39 is 10.0 Å². The van der Waals surface area contributed by atoms with Gasteiger partial charge in [-0.1, -0.05) is 48.5 Å². The molecule has 1 amide bonds. The number of hydrogen-bond acceptors (Lipinski definition) is 3. The summed E-state index contributed by atoms with van der Waals surface area (Å²) >= 11 is 0. The Balaban J connectivity index is 1.26. The summed E-state index contributed by atoms with van der Waals surface area (Å²) in [6.07, 6.45) is 1.05. The molecule has 5 rings (SSSR count). The van der Waals surface area contributed by atoms with Gasteiger partial charge in [-0.15, -0.1) is 0 Å². The fourth-order valence-corrected chi connectivity index (χ4v) is 6.55. The SMILES string of the molecule is CCn1c2ccccc2c2cc(NC(=O)C3CCN(S(=O)(=O)Cc4ccccc4)CC3)ccc21. The molecule has 3 aromatic carbocycles. The molecule has 7 heteroatoms. The number of nitrogens with one attached hydrogen (secondary N) is 1. The third-order valence-corrected chi connectivity index (χ3v) is 8.62. The van der Waals surface area contributed by atoms with Crippen molar-refractivity contribution in [2.45, 2.75) is 32.1 Å². The topological polar surface area (TPSA) is 71.4 Å². The zero-order valence-corrected chi connectivity index (χ0v) is 20.1. The smallest absolute Gasteiger partial charge is 0.227 e. The molecule has 1 saturated heterocycles. The number of sulfonamides is 1. The summed E-state index contributed by atoms with van der Waals surface area (Å²) in [6.45, 7) is 3.75. The Morgan fingerprint density at radius 3 is 2.32 bits per heavy atom.